The summed E-state index contributed by atoms with van der Waals surface area (Å²) in [6, 6.07) is 22.3. The number of carbonyl (C=O) groups is 2. The summed E-state index contributed by atoms with van der Waals surface area (Å²) in [4.78, 5) is 29.2. The lowest BCUT2D eigenvalue weighted by Crippen LogP contribution is -2.50. The summed E-state index contributed by atoms with van der Waals surface area (Å²) in [5, 5.41) is 3.03. The van der Waals surface area contributed by atoms with Crippen molar-refractivity contribution in [2.24, 2.45) is 0 Å². The fraction of sp³-hybridized carbons (Fsp3) is 0.394. The van der Waals surface area contributed by atoms with Crippen LogP contribution in [0.1, 0.15) is 54.9 Å². The average molecular weight is 657 g/mol. The molecule has 42 heavy (non-hydrogen) atoms. The molecule has 0 spiro atoms. The summed E-state index contributed by atoms with van der Waals surface area (Å²) in [6.07, 6.45) is 3.77. The Kier molecular flexibility index (Phi) is 12.6. The second kappa shape index (κ2) is 15.9. The number of hydrogen-bond donors (Lipinski definition) is 1. The quantitative estimate of drug-likeness (QED) is 0.199. The van der Waals surface area contributed by atoms with E-state index in [0.29, 0.717) is 25.1 Å². The molecule has 0 aromatic heterocycles. The monoisotopic (exact) mass is 655 g/mol. The molecule has 0 saturated carbocycles. The Labute approximate surface area is 259 Å². The molecule has 0 bridgehead atoms. The van der Waals surface area contributed by atoms with E-state index in [0.717, 1.165) is 39.6 Å². The van der Waals surface area contributed by atoms with Crippen molar-refractivity contribution in [1.29, 1.82) is 0 Å². The average Bonchev–Trinajstić information content (AvgIpc) is 2.95. The van der Waals surface area contributed by atoms with E-state index in [-0.39, 0.29) is 31.3 Å². The highest BCUT2D eigenvalue weighted by Crippen LogP contribution is 2.26. The van der Waals surface area contributed by atoms with Crippen molar-refractivity contribution in [2.75, 3.05) is 23.7 Å². The number of sulfonamides is 1. The predicted molar refractivity (Wildman–Crippen MR) is 174 cm³/mol. The number of halogens is 1. The maximum Gasteiger partial charge on any atom is 0.243 e. The third-order valence-corrected chi connectivity index (χ3v) is 9.07. The Bertz CT molecular complexity index is 1430. The lowest BCUT2D eigenvalue weighted by Gasteiger charge is -2.32. The molecular weight excluding hydrogens is 614 g/mol. The smallest absolute Gasteiger partial charge is 0.243 e. The molecule has 1 N–H and O–H groups in total. The van der Waals surface area contributed by atoms with Crippen molar-refractivity contribution in [3.63, 3.8) is 0 Å². The second-order valence-electron chi connectivity index (χ2n) is 10.7. The number of benzene rings is 3. The maximum atomic E-state index is 13.9. The van der Waals surface area contributed by atoms with Gasteiger partial charge in [0.1, 0.15) is 6.04 Å². The van der Waals surface area contributed by atoms with E-state index >= 15 is 0 Å². The highest BCUT2D eigenvalue weighted by molar-refractivity contribution is 9.10. The molecule has 2 amide bonds. The molecule has 1 atom stereocenters. The van der Waals surface area contributed by atoms with Gasteiger partial charge in [-0.15, -0.1) is 0 Å². The van der Waals surface area contributed by atoms with Crippen LogP contribution in [0, 0.1) is 13.8 Å². The molecule has 0 fully saturated rings. The third-order valence-electron chi connectivity index (χ3n) is 7.36. The van der Waals surface area contributed by atoms with Crippen molar-refractivity contribution < 1.29 is 18.0 Å². The molecule has 0 aliphatic carbocycles. The molecule has 226 valence electrons. The summed E-state index contributed by atoms with van der Waals surface area (Å²) >= 11 is 3.47. The zero-order valence-corrected chi connectivity index (χ0v) is 27.4. The molecule has 7 nitrogen and oxygen atoms in total. The fourth-order valence-electron chi connectivity index (χ4n) is 4.83. The Morgan fingerprint density at radius 3 is 2.24 bits per heavy atom. The summed E-state index contributed by atoms with van der Waals surface area (Å²) in [5.41, 5.74) is 4.36. The minimum atomic E-state index is -3.57. The summed E-state index contributed by atoms with van der Waals surface area (Å²) < 4.78 is 27.8. The number of hydrogen-bond acceptors (Lipinski definition) is 4. The molecule has 0 saturated heterocycles. The first-order valence-corrected chi connectivity index (χ1v) is 17.0. The summed E-state index contributed by atoms with van der Waals surface area (Å²) in [7, 11) is -3.57. The molecule has 3 aromatic rings. The van der Waals surface area contributed by atoms with E-state index in [4.69, 9.17) is 0 Å². The number of anilines is 1. The first kappa shape index (κ1) is 33.3. The molecule has 3 aromatic carbocycles. The van der Waals surface area contributed by atoms with Gasteiger partial charge in [0.2, 0.25) is 21.8 Å². The molecule has 0 aliphatic heterocycles. The molecule has 3 rings (SSSR count). The Morgan fingerprint density at radius 2 is 1.60 bits per heavy atom. The lowest BCUT2D eigenvalue weighted by molar-refractivity contribution is -0.141. The van der Waals surface area contributed by atoms with Gasteiger partial charge >= 0.3 is 0 Å². The van der Waals surface area contributed by atoms with Gasteiger partial charge in [0.15, 0.2) is 0 Å². The topological polar surface area (TPSA) is 86.8 Å². The van der Waals surface area contributed by atoms with Crippen LogP contribution in [0.25, 0.3) is 0 Å². The van der Waals surface area contributed by atoms with Gasteiger partial charge in [-0.3, -0.25) is 13.9 Å². The van der Waals surface area contributed by atoms with E-state index in [9.17, 15) is 18.0 Å². The molecular formula is C33H42BrN3O4S. The van der Waals surface area contributed by atoms with Crippen LogP contribution in [0.3, 0.4) is 0 Å². The van der Waals surface area contributed by atoms with E-state index in [1.165, 1.54) is 10.6 Å². The highest BCUT2D eigenvalue weighted by Gasteiger charge is 2.30. The maximum absolute atomic E-state index is 13.9. The Morgan fingerprint density at radius 1 is 0.905 bits per heavy atom. The molecule has 0 radical (unpaired) electrons. The zero-order chi connectivity index (χ0) is 30.7. The van der Waals surface area contributed by atoms with Gasteiger partial charge in [-0.2, -0.15) is 0 Å². The van der Waals surface area contributed by atoms with Crippen LogP contribution in [0.5, 0.6) is 0 Å². The number of aryl methyl sites for hydroxylation is 1. The lowest BCUT2D eigenvalue weighted by atomic mass is 10.0. The van der Waals surface area contributed by atoms with Gasteiger partial charge in [0, 0.05) is 36.9 Å². The SMILES string of the molecule is CCCCNC(=O)[C@@H](Cc1ccccc1)N(Cc1ccc(Br)cc1)C(=O)CCCN(c1cccc(C)c1C)S(C)(=O)=O. The van der Waals surface area contributed by atoms with Gasteiger partial charge in [0.25, 0.3) is 0 Å². The molecule has 0 unspecified atom stereocenters. The minimum absolute atomic E-state index is 0.0982. The van der Waals surface area contributed by atoms with Gasteiger partial charge < -0.3 is 10.2 Å². The van der Waals surface area contributed by atoms with Crippen LogP contribution < -0.4 is 9.62 Å². The van der Waals surface area contributed by atoms with Gasteiger partial charge in [0.05, 0.1) is 11.9 Å². The van der Waals surface area contributed by atoms with Crippen molar-refractivity contribution in [3.8, 4) is 0 Å². The number of amides is 2. The minimum Gasteiger partial charge on any atom is -0.354 e. The molecule has 0 heterocycles. The van der Waals surface area contributed by atoms with Gasteiger partial charge in [-0.05, 0) is 67.1 Å². The predicted octanol–water partition coefficient (Wildman–Crippen LogP) is 6.17. The fourth-order valence-corrected chi connectivity index (χ4v) is 6.12. The summed E-state index contributed by atoms with van der Waals surface area (Å²) in [5.74, 6) is -0.384. The second-order valence-corrected chi connectivity index (χ2v) is 13.5. The van der Waals surface area contributed by atoms with E-state index < -0.39 is 16.1 Å². The summed E-state index contributed by atoms with van der Waals surface area (Å²) in [6.45, 7) is 6.88. The first-order chi connectivity index (χ1) is 20.0. The van der Waals surface area contributed by atoms with Crippen LogP contribution in [-0.2, 0) is 32.6 Å². The highest BCUT2D eigenvalue weighted by atomic mass is 79.9. The van der Waals surface area contributed by atoms with Crippen LogP contribution in [0.15, 0.2) is 77.3 Å². The van der Waals surface area contributed by atoms with Gasteiger partial charge in [-0.25, -0.2) is 8.42 Å². The van der Waals surface area contributed by atoms with Crippen LogP contribution in [-0.4, -0.2) is 50.5 Å². The first-order valence-electron chi connectivity index (χ1n) is 14.4. The van der Waals surface area contributed by atoms with E-state index in [2.05, 4.69) is 28.2 Å². The number of rotatable bonds is 15. The van der Waals surface area contributed by atoms with E-state index in [1.54, 1.807) is 11.0 Å². The number of unbranched alkanes of at least 4 members (excludes halogenated alkanes) is 1. The van der Waals surface area contributed by atoms with Crippen molar-refractivity contribution in [2.45, 2.75) is 65.5 Å². The normalized spacial score (nSPS) is 12.0. The molecule has 0 aliphatic rings. The number of carbonyl (C=O) groups excluding carboxylic acids is 2. The Hall–Kier alpha value is -3.17. The Balaban J connectivity index is 1.88. The standard InChI is InChI=1S/C33H42BrN3O4S/c1-5-6-21-35-33(39)31(23-27-13-8-7-9-14-27)36(24-28-17-19-29(34)20-18-28)32(38)16-11-22-37(42(4,40)41)30-15-10-12-25(2)26(30)3/h7-10,12-15,17-20,31H,5-6,11,16,21-24H2,1-4H3,(H,35,39)/t31-/m1/s1. The van der Waals surface area contributed by atoms with Crippen molar-refractivity contribution >= 4 is 43.5 Å². The largest absolute Gasteiger partial charge is 0.354 e. The van der Waals surface area contributed by atoms with Crippen molar-refractivity contribution in [1.82, 2.24) is 10.2 Å². The van der Waals surface area contributed by atoms with Gasteiger partial charge in [-0.1, -0.05) is 83.9 Å². The van der Waals surface area contributed by atoms with Crippen LogP contribution in [0.4, 0.5) is 5.69 Å². The van der Waals surface area contributed by atoms with Crippen LogP contribution in [0.2, 0.25) is 0 Å². The van der Waals surface area contributed by atoms with E-state index in [1.807, 2.05) is 80.6 Å². The van der Waals surface area contributed by atoms with Crippen LogP contribution >= 0.6 is 15.9 Å². The van der Waals surface area contributed by atoms with Crippen molar-refractivity contribution in [3.05, 3.63) is 99.5 Å². The molecule has 9 heteroatoms. The zero-order valence-electron chi connectivity index (χ0n) is 25.0. The number of nitrogens with one attached hydrogen (secondary N) is 1. The third kappa shape index (κ3) is 9.70. The number of nitrogens with zero attached hydrogens (tertiary/aromatic N) is 2.